The topological polar surface area (TPSA) is 80.1 Å². The summed E-state index contributed by atoms with van der Waals surface area (Å²) in [7, 11) is 0. The van der Waals surface area contributed by atoms with Gasteiger partial charge in [-0.05, 0) is 36.2 Å². The number of carbonyl (C=O) groups is 2. The van der Waals surface area contributed by atoms with Crippen LogP contribution >= 0.6 is 11.6 Å². The number of nitrogens with zero attached hydrogens (tertiary/aromatic N) is 4. The molecule has 150 valence electrons. The van der Waals surface area contributed by atoms with Crippen LogP contribution in [0.1, 0.15) is 30.5 Å². The van der Waals surface area contributed by atoms with Crippen LogP contribution in [-0.2, 0) is 22.7 Å². The van der Waals surface area contributed by atoms with Gasteiger partial charge < -0.3 is 10.2 Å². The number of pyridine rings is 1. The fourth-order valence-electron chi connectivity index (χ4n) is 3.71. The van der Waals surface area contributed by atoms with Crippen molar-refractivity contribution < 1.29 is 9.59 Å². The molecule has 1 aromatic carbocycles. The van der Waals surface area contributed by atoms with Gasteiger partial charge >= 0.3 is 0 Å². The van der Waals surface area contributed by atoms with E-state index in [1.807, 2.05) is 41.2 Å². The minimum absolute atomic E-state index is 0.0403. The van der Waals surface area contributed by atoms with Crippen LogP contribution in [0, 0.1) is 0 Å². The van der Waals surface area contributed by atoms with Crippen molar-refractivity contribution in [3.05, 3.63) is 59.0 Å². The molecule has 1 aliphatic rings. The molecule has 8 heteroatoms. The Morgan fingerprint density at radius 2 is 2.17 bits per heavy atom. The Bertz CT molecular complexity index is 1060. The zero-order valence-electron chi connectivity index (χ0n) is 16.1. The van der Waals surface area contributed by atoms with Crippen molar-refractivity contribution in [3.8, 4) is 0 Å². The highest BCUT2D eigenvalue weighted by atomic mass is 35.5. The van der Waals surface area contributed by atoms with E-state index >= 15 is 0 Å². The maximum atomic E-state index is 12.8. The van der Waals surface area contributed by atoms with Crippen LogP contribution in [0.25, 0.3) is 10.9 Å². The van der Waals surface area contributed by atoms with Crippen LogP contribution < -0.4 is 5.32 Å². The Labute approximate surface area is 173 Å². The summed E-state index contributed by atoms with van der Waals surface area (Å²) < 4.78 is 1.89. The highest BCUT2D eigenvalue weighted by molar-refractivity contribution is 6.31. The number of aryl methyl sites for hydroxylation is 1. The van der Waals surface area contributed by atoms with E-state index in [2.05, 4.69) is 15.4 Å². The molecular weight excluding hydrogens is 390 g/mol. The van der Waals surface area contributed by atoms with Crippen LogP contribution in [0.3, 0.4) is 0 Å². The van der Waals surface area contributed by atoms with Crippen molar-refractivity contribution in [2.75, 3.05) is 13.1 Å². The standard InChI is InChI=1S/C21H22ClN5O2/c1-14(28)26-12-16-4-2-7-23-20(16)18(13-26)21(29)24-8-3-9-27-19-10-17(22)6-5-15(19)11-25-27/h2,4-7,10-11,18H,3,8-9,12-13H2,1H3,(H,24,29). The molecule has 0 radical (unpaired) electrons. The molecule has 0 saturated carbocycles. The van der Waals surface area contributed by atoms with Crippen molar-refractivity contribution in [1.82, 2.24) is 25.0 Å². The van der Waals surface area contributed by atoms with E-state index in [0.29, 0.717) is 31.2 Å². The summed E-state index contributed by atoms with van der Waals surface area (Å²) in [6, 6.07) is 9.43. The first-order valence-electron chi connectivity index (χ1n) is 9.61. The molecule has 0 bridgehead atoms. The number of fused-ring (bicyclic) bond motifs is 2. The van der Waals surface area contributed by atoms with Crippen LogP contribution in [0.2, 0.25) is 5.02 Å². The van der Waals surface area contributed by atoms with E-state index in [1.54, 1.807) is 11.1 Å². The second kappa shape index (κ2) is 8.21. The molecule has 7 nitrogen and oxygen atoms in total. The molecule has 0 spiro atoms. The number of rotatable bonds is 5. The molecule has 1 atom stereocenters. The minimum atomic E-state index is -0.451. The lowest BCUT2D eigenvalue weighted by atomic mass is 9.94. The summed E-state index contributed by atoms with van der Waals surface area (Å²) in [6.45, 7) is 3.56. The van der Waals surface area contributed by atoms with Crippen molar-refractivity contribution in [2.24, 2.45) is 0 Å². The van der Waals surface area contributed by atoms with Gasteiger partial charge in [0.15, 0.2) is 0 Å². The van der Waals surface area contributed by atoms with Gasteiger partial charge in [-0.2, -0.15) is 5.10 Å². The van der Waals surface area contributed by atoms with Crippen LogP contribution in [0.5, 0.6) is 0 Å². The summed E-state index contributed by atoms with van der Waals surface area (Å²) >= 11 is 6.08. The average Bonchev–Trinajstić information content (AvgIpc) is 3.12. The number of halogens is 1. The molecule has 0 aliphatic carbocycles. The largest absolute Gasteiger partial charge is 0.355 e. The number of amides is 2. The quantitative estimate of drug-likeness (QED) is 0.654. The lowest BCUT2D eigenvalue weighted by Gasteiger charge is -2.32. The van der Waals surface area contributed by atoms with Crippen LogP contribution in [0.15, 0.2) is 42.7 Å². The van der Waals surface area contributed by atoms with Crippen molar-refractivity contribution in [2.45, 2.75) is 32.4 Å². The Morgan fingerprint density at radius 1 is 1.31 bits per heavy atom. The van der Waals surface area contributed by atoms with Gasteiger partial charge in [0.05, 0.1) is 23.3 Å². The SMILES string of the molecule is CC(=O)N1Cc2cccnc2C(C(=O)NCCCn2ncc3ccc(Cl)cc32)C1. The van der Waals surface area contributed by atoms with E-state index in [-0.39, 0.29) is 11.8 Å². The number of benzene rings is 1. The predicted molar refractivity (Wildman–Crippen MR) is 110 cm³/mol. The van der Waals surface area contributed by atoms with Gasteiger partial charge in [0.1, 0.15) is 0 Å². The van der Waals surface area contributed by atoms with Crippen LogP contribution in [0.4, 0.5) is 0 Å². The van der Waals surface area contributed by atoms with Gasteiger partial charge in [-0.25, -0.2) is 0 Å². The first-order valence-corrected chi connectivity index (χ1v) is 9.99. The van der Waals surface area contributed by atoms with Gasteiger partial charge in [-0.1, -0.05) is 17.7 Å². The molecule has 4 rings (SSSR count). The maximum Gasteiger partial charge on any atom is 0.230 e. The van der Waals surface area contributed by atoms with E-state index < -0.39 is 5.92 Å². The summed E-state index contributed by atoms with van der Waals surface area (Å²) in [4.78, 5) is 30.8. The Hall–Kier alpha value is -2.93. The number of carbonyl (C=O) groups excluding carboxylic acids is 2. The van der Waals surface area contributed by atoms with Crippen molar-refractivity contribution in [1.29, 1.82) is 0 Å². The smallest absolute Gasteiger partial charge is 0.230 e. The Morgan fingerprint density at radius 3 is 3.00 bits per heavy atom. The minimum Gasteiger partial charge on any atom is -0.355 e. The third kappa shape index (κ3) is 4.10. The molecular formula is C21H22ClN5O2. The van der Waals surface area contributed by atoms with E-state index in [9.17, 15) is 9.59 Å². The zero-order valence-corrected chi connectivity index (χ0v) is 16.9. The Balaban J connectivity index is 1.38. The van der Waals surface area contributed by atoms with Gasteiger partial charge in [0.25, 0.3) is 0 Å². The second-order valence-electron chi connectivity index (χ2n) is 7.22. The fraction of sp³-hybridized carbons (Fsp3) is 0.333. The Kier molecular flexibility index (Phi) is 5.49. The molecule has 2 amide bonds. The van der Waals surface area contributed by atoms with Gasteiger partial charge in [0, 0.05) is 49.7 Å². The molecule has 1 aliphatic heterocycles. The molecule has 3 aromatic rings. The third-order valence-electron chi connectivity index (χ3n) is 5.23. The van der Waals surface area contributed by atoms with Gasteiger partial charge in [-0.15, -0.1) is 0 Å². The lowest BCUT2D eigenvalue weighted by Crippen LogP contribution is -2.43. The second-order valence-corrected chi connectivity index (χ2v) is 7.65. The number of hydrogen-bond acceptors (Lipinski definition) is 4. The van der Waals surface area contributed by atoms with Crippen molar-refractivity contribution >= 4 is 34.3 Å². The molecule has 0 saturated heterocycles. The predicted octanol–water partition coefficient (Wildman–Crippen LogP) is 2.74. The van der Waals surface area contributed by atoms with E-state index in [0.717, 1.165) is 28.6 Å². The lowest BCUT2D eigenvalue weighted by molar-refractivity contribution is -0.131. The summed E-state index contributed by atoms with van der Waals surface area (Å²) in [6.07, 6.45) is 4.23. The average molecular weight is 412 g/mol. The highest BCUT2D eigenvalue weighted by Crippen LogP contribution is 2.26. The molecule has 1 N–H and O–H groups in total. The van der Waals surface area contributed by atoms with E-state index in [4.69, 9.17) is 11.6 Å². The summed E-state index contributed by atoms with van der Waals surface area (Å²) in [5.74, 6) is -0.598. The number of aromatic nitrogens is 3. The summed E-state index contributed by atoms with van der Waals surface area (Å²) in [5.41, 5.74) is 2.66. The van der Waals surface area contributed by atoms with Gasteiger partial charge in [0.2, 0.25) is 11.8 Å². The first kappa shape index (κ1) is 19.4. The molecule has 29 heavy (non-hydrogen) atoms. The van der Waals surface area contributed by atoms with Gasteiger partial charge in [-0.3, -0.25) is 19.3 Å². The number of hydrogen-bond donors (Lipinski definition) is 1. The maximum absolute atomic E-state index is 12.8. The van der Waals surface area contributed by atoms with Crippen LogP contribution in [-0.4, -0.2) is 44.6 Å². The number of nitrogens with one attached hydrogen (secondary N) is 1. The highest BCUT2D eigenvalue weighted by Gasteiger charge is 2.32. The molecule has 2 aromatic heterocycles. The molecule has 0 fully saturated rings. The van der Waals surface area contributed by atoms with E-state index in [1.165, 1.54) is 6.92 Å². The first-order chi connectivity index (χ1) is 14.0. The fourth-order valence-corrected chi connectivity index (χ4v) is 3.87. The summed E-state index contributed by atoms with van der Waals surface area (Å²) in [5, 5.41) is 9.09. The molecule has 3 heterocycles. The van der Waals surface area contributed by atoms with Crippen molar-refractivity contribution in [3.63, 3.8) is 0 Å². The zero-order chi connectivity index (χ0) is 20.4. The molecule has 1 unspecified atom stereocenters. The third-order valence-corrected chi connectivity index (χ3v) is 5.47. The monoisotopic (exact) mass is 411 g/mol. The normalized spacial score (nSPS) is 15.9.